The standard InChI is InChI=1S/C23H25N5O4/c1-13-9-10-17(30-3)16(11-13)27-22(29)19-14(2)26-23-24-12-25-28(23)20(19)15-7-6-8-18(31-4)21(15)32-5/h6-12,20H,1-5H3,(H,27,29)(H,24,25,26)/t20-/m0/s1. The summed E-state index contributed by atoms with van der Waals surface area (Å²) in [6.45, 7) is 3.79. The van der Waals surface area contributed by atoms with E-state index in [4.69, 9.17) is 14.2 Å². The van der Waals surface area contributed by atoms with Crippen molar-refractivity contribution in [3.63, 3.8) is 0 Å². The molecule has 1 aliphatic rings. The normalized spacial score (nSPS) is 15.0. The van der Waals surface area contributed by atoms with Crippen LogP contribution in [0.4, 0.5) is 11.6 Å². The summed E-state index contributed by atoms with van der Waals surface area (Å²) >= 11 is 0. The Bertz CT molecular complexity index is 1200. The third-order valence-electron chi connectivity index (χ3n) is 5.37. The van der Waals surface area contributed by atoms with Crippen molar-refractivity contribution in [2.24, 2.45) is 0 Å². The second kappa shape index (κ2) is 8.62. The van der Waals surface area contributed by atoms with Gasteiger partial charge in [0.1, 0.15) is 18.1 Å². The molecule has 32 heavy (non-hydrogen) atoms. The van der Waals surface area contributed by atoms with Crippen LogP contribution in [-0.2, 0) is 4.79 Å². The van der Waals surface area contributed by atoms with E-state index in [1.54, 1.807) is 32.1 Å². The van der Waals surface area contributed by atoms with E-state index in [1.807, 2.05) is 44.2 Å². The van der Waals surface area contributed by atoms with Crippen LogP contribution in [0.15, 0.2) is 54.0 Å². The van der Waals surface area contributed by atoms with E-state index < -0.39 is 6.04 Å². The Morgan fingerprint density at radius 2 is 1.84 bits per heavy atom. The topological polar surface area (TPSA) is 99.5 Å². The lowest BCUT2D eigenvalue weighted by Crippen LogP contribution is -2.31. The zero-order valence-corrected chi connectivity index (χ0v) is 18.6. The fourth-order valence-electron chi connectivity index (χ4n) is 3.91. The summed E-state index contributed by atoms with van der Waals surface area (Å²) in [7, 11) is 4.71. The highest BCUT2D eigenvalue weighted by Crippen LogP contribution is 2.43. The number of nitrogens with one attached hydrogen (secondary N) is 2. The molecule has 0 unspecified atom stereocenters. The SMILES string of the molecule is COc1ccc(C)cc1NC(=O)C1=C(C)Nc2ncnn2[C@H]1c1cccc(OC)c1OC. The fourth-order valence-corrected chi connectivity index (χ4v) is 3.91. The smallest absolute Gasteiger partial charge is 0.255 e. The molecule has 1 atom stereocenters. The van der Waals surface area contributed by atoms with Gasteiger partial charge in [-0.25, -0.2) is 4.68 Å². The summed E-state index contributed by atoms with van der Waals surface area (Å²) in [6, 6.07) is 10.6. The molecule has 0 saturated heterocycles. The van der Waals surface area contributed by atoms with Gasteiger partial charge < -0.3 is 24.8 Å². The number of ether oxygens (including phenoxy) is 3. The van der Waals surface area contributed by atoms with Gasteiger partial charge in [-0.2, -0.15) is 10.1 Å². The van der Waals surface area contributed by atoms with Gasteiger partial charge in [-0.15, -0.1) is 0 Å². The van der Waals surface area contributed by atoms with E-state index in [1.165, 1.54) is 6.33 Å². The Balaban J connectivity index is 1.84. The molecule has 1 amide bonds. The van der Waals surface area contributed by atoms with E-state index in [0.29, 0.717) is 40.2 Å². The Morgan fingerprint density at radius 3 is 2.56 bits per heavy atom. The highest BCUT2D eigenvalue weighted by atomic mass is 16.5. The number of anilines is 2. The number of benzene rings is 2. The quantitative estimate of drug-likeness (QED) is 0.611. The van der Waals surface area contributed by atoms with Crippen LogP contribution < -0.4 is 24.8 Å². The molecular formula is C23H25N5O4. The van der Waals surface area contributed by atoms with Crippen LogP contribution in [-0.4, -0.2) is 42.0 Å². The van der Waals surface area contributed by atoms with Gasteiger partial charge in [-0.1, -0.05) is 18.2 Å². The van der Waals surface area contributed by atoms with Crippen LogP contribution in [0, 0.1) is 6.92 Å². The number of carbonyl (C=O) groups is 1. The Kier molecular flexibility index (Phi) is 5.72. The lowest BCUT2D eigenvalue weighted by Gasteiger charge is -2.30. The highest BCUT2D eigenvalue weighted by molar-refractivity contribution is 6.06. The van der Waals surface area contributed by atoms with E-state index in [0.717, 1.165) is 11.1 Å². The first-order valence-corrected chi connectivity index (χ1v) is 10.0. The summed E-state index contributed by atoms with van der Waals surface area (Å²) in [5.74, 6) is 1.89. The first-order chi connectivity index (χ1) is 15.5. The maximum Gasteiger partial charge on any atom is 0.255 e. The van der Waals surface area contributed by atoms with Gasteiger partial charge in [-0.3, -0.25) is 4.79 Å². The minimum absolute atomic E-state index is 0.296. The van der Waals surface area contributed by atoms with Crippen molar-refractivity contribution >= 4 is 17.5 Å². The van der Waals surface area contributed by atoms with Crippen LogP contribution in [0.2, 0.25) is 0 Å². The molecule has 0 radical (unpaired) electrons. The molecule has 0 bridgehead atoms. The Hall–Kier alpha value is -4.01. The predicted octanol–water partition coefficient (Wildman–Crippen LogP) is 3.54. The van der Waals surface area contributed by atoms with Crippen molar-refractivity contribution in [1.82, 2.24) is 14.8 Å². The number of amides is 1. The average molecular weight is 435 g/mol. The van der Waals surface area contributed by atoms with Gasteiger partial charge in [-0.05, 0) is 37.6 Å². The zero-order valence-electron chi connectivity index (χ0n) is 18.6. The Labute approximate surface area is 186 Å². The van der Waals surface area contributed by atoms with E-state index in [9.17, 15) is 4.79 Å². The molecule has 1 aliphatic heterocycles. The first-order valence-electron chi connectivity index (χ1n) is 10.0. The van der Waals surface area contributed by atoms with Crippen molar-refractivity contribution in [2.75, 3.05) is 32.0 Å². The Morgan fingerprint density at radius 1 is 1.06 bits per heavy atom. The number of rotatable bonds is 6. The van der Waals surface area contributed by atoms with Crippen molar-refractivity contribution in [2.45, 2.75) is 19.9 Å². The summed E-state index contributed by atoms with van der Waals surface area (Å²) in [5, 5.41) is 10.5. The molecule has 0 aliphatic carbocycles. The number of nitrogens with zero attached hydrogens (tertiary/aromatic N) is 3. The molecule has 9 nitrogen and oxygen atoms in total. The number of aromatic nitrogens is 3. The van der Waals surface area contributed by atoms with Gasteiger partial charge in [0.05, 0.1) is 32.6 Å². The largest absolute Gasteiger partial charge is 0.495 e. The summed E-state index contributed by atoms with van der Waals surface area (Å²) in [4.78, 5) is 17.9. The lowest BCUT2D eigenvalue weighted by atomic mass is 9.94. The van der Waals surface area contributed by atoms with Gasteiger partial charge in [0.2, 0.25) is 5.95 Å². The van der Waals surface area contributed by atoms with E-state index in [2.05, 4.69) is 20.7 Å². The number of allylic oxidation sites excluding steroid dienone is 1. The van der Waals surface area contributed by atoms with Crippen molar-refractivity contribution in [3.05, 3.63) is 65.1 Å². The molecular weight excluding hydrogens is 410 g/mol. The maximum atomic E-state index is 13.6. The van der Waals surface area contributed by atoms with Crippen LogP contribution in [0.5, 0.6) is 17.2 Å². The average Bonchev–Trinajstić information content (AvgIpc) is 3.25. The second-order valence-electron chi connectivity index (χ2n) is 7.34. The molecule has 4 rings (SSSR count). The van der Waals surface area contributed by atoms with Crippen LogP contribution in [0.25, 0.3) is 0 Å². The first kappa shape index (κ1) is 21.2. The molecule has 2 N–H and O–H groups in total. The van der Waals surface area contributed by atoms with Crippen molar-refractivity contribution < 1.29 is 19.0 Å². The van der Waals surface area contributed by atoms with E-state index >= 15 is 0 Å². The molecule has 3 aromatic rings. The van der Waals surface area contributed by atoms with Crippen LogP contribution in [0.1, 0.15) is 24.1 Å². The summed E-state index contributed by atoms with van der Waals surface area (Å²) in [6.07, 6.45) is 1.44. The molecule has 166 valence electrons. The third kappa shape index (κ3) is 3.62. The third-order valence-corrected chi connectivity index (χ3v) is 5.37. The molecule has 0 saturated carbocycles. The molecule has 9 heteroatoms. The number of carbonyl (C=O) groups excluding carboxylic acids is 1. The zero-order chi connectivity index (χ0) is 22.8. The van der Waals surface area contributed by atoms with Gasteiger partial charge in [0.25, 0.3) is 5.91 Å². The number of fused-ring (bicyclic) bond motifs is 1. The van der Waals surface area contributed by atoms with Crippen molar-refractivity contribution in [3.8, 4) is 17.2 Å². The number of hydrogen-bond donors (Lipinski definition) is 2. The van der Waals surface area contributed by atoms with Crippen LogP contribution in [0.3, 0.4) is 0 Å². The number of methoxy groups -OCH3 is 3. The number of aryl methyl sites for hydroxylation is 1. The second-order valence-corrected chi connectivity index (χ2v) is 7.34. The monoisotopic (exact) mass is 435 g/mol. The summed E-state index contributed by atoms with van der Waals surface area (Å²) in [5.41, 5.74) is 3.43. The molecule has 2 aromatic carbocycles. The minimum atomic E-state index is -0.588. The number of para-hydroxylation sites is 1. The van der Waals surface area contributed by atoms with Gasteiger partial charge in [0.15, 0.2) is 11.5 Å². The highest BCUT2D eigenvalue weighted by Gasteiger charge is 2.36. The molecule has 0 spiro atoms. The predicted molar refractivity (Wildman–Crippen MR) is 120 cm³/mol. The number of hydrogen-bond acceptors (Lipinski definition) is 7. The molecule has 1 aromatic heterocycles. The van der Waals surface area contributed by atoms with E-state index in [-0.39, 0.29) is 5.91 Å². The minimum Gasteiger partial charge on any atom is -0.495 e. The lowest BCUT2D eigenvalue weighted by molar-refractivity contribution is -0.113. The van der Waals surface area contributed by atoms with Crippen molar-refractivity contribution in [1.29, 1.82) is 0 Å². The summed E-state index contributed by atoms with van der Waals surface area (Å²) < 4.78 is 18.2. The molecule has 2 heterocycles. The van der Waals surface area contributed by atoms with Gasteiger partial charge in [0, 0.05) is 11.3 Å². The molecule has 0 fully saturated rings. The maximum absolute atomic E-state index is 13.6. The van der Waals surface area contributed by atoms with Gasteiger partial charge >= 0.3 is 0 Å². The fraction of sp³-hybridized carbons (Fsp3) is 0.261. The van der Waals surface area contributed by atoms with Crippen LogP contribution >= 0.6 is 0 Å².